The highest BCUT2D eigenvalue weighted by Crippen LogP contribution is 2.49. The van der Waals surface area contributed by atoms with E-state index in [1.54, 1.807) is 0 Å². The van der Waals surface area contributed by atoms with E-state index >= 15 is 0 Å². The van der Waals surface area contributed by atoms with Gasteiger partial charge in [0.25, 0.3) is 0 Å². The monoisotopic (exact) mass is 264 g/mol. The number of hydrogen-bond acceptors (Lipinski definition) is 5. The molecule has 5 heteroatoms. The van der Waals surface area contributed by atoms with Crippen LogP contribution in [0.25, 0.3) is 0 Å². The summed E-state index contributed by atoms with van der Waals surface area (Å²) in [6.07, 6.45) is 6.78. The molecule has 1 heterocycles. The molecule has 0 aliphatic heterocycles. The van der Waals surface area contributed by atoms with Crippen LogP contribution < -0.4 is 10.6 Å². The number of hydrogen-bond donors (Lipinski definition) is 2. The Morgan fingerprint density at radius 3 is 2.58 bits per heavy atom. The average Bonchev–Trinajstić information content (AvgIpc) is 3.31. The second kappa shape index (κ2) is 5.90. The molecule has 2 aliphatic carbocycles. The van der Waals surface area contributed by atoms with Crippen molar-refractivity contribution in [2.45, 2.75) is 45.6 Å². The Hall–Kier alpha value is -1.10. The van der Waals surface area contributed by atoms with E-state index in [1.807, 2.05) is 0 Å². The molecule has 0 saturated heterocycles. The Morgan fingerprint density at radius 1 is 1.21 bits per heavy atom. The van der Waals surface area contributed by atoms with E-state index in [0.29, 0.717) is 18.5 Å². The third-order valence-electron chi connectivity index (χ3n) is 4.11. The number of rotatable bonds is 9. The van der Waals surface area contributed by atoms with E-state index in [9.17, 15) is 0 Å². The van der Waals surface area contributed by atoms with Crippen molar-refractivity contribution in [3.8, 4) is 0 Å². The maximum atomic E-state index is 5.59. The van der Waals surface area contributed by atoms with Gasteiger partial charge in [0.05, 0.1) is 6.54 Å². The standard InChI is InChI=1S/C14H24N4O/c1-2-7-15-9-13-17-18-14(19-13)16-8-12(10-3-4-10)11-5-6-11/h10-12,15H,2-9H2,1H3,(H,16,18). The van der Waals surface area contributed by atoms with Gasteiger partial charge < -0.3 is 15.1 Å². The van der Waals surface area contributed by atoms with Crippen LogP contribution in [0.5, 0.6) is 0 Å². The van der Waals surface area contributed by atoms with E-state index in [4.69, 9.17) is 4.42 Å². The second-order valence-corrected chi connectivity index (χ2v) is 5.90. The Kier molecular flexibility index (Phi) is 4.01. The summed E-state index contributed by atoms with van der Waals surface area (Å²) in [5.41, 5.74) is 0. The first-order valence-corrected chi connectivity index (χ1v) is 7.63. The predicted octanol–water partition coefficient (Wildman–Crippen LogP) is 2.42. The molecule has 1 aromatic rings. The summed E-state index contributed by atoms with van der Waals surface area (Å²) < 4.78 is 5.59. The number of aromatic nitrogens is 2. The topological polar surface area (TPSA) is 63.0 Å². The highest BCUT2D eigenvalue weighted by molar-refractivity contribution is 5.17. The van der Waals surface area contributed by atoms with E-state index in [2.05, 4.69) is 27.8 Å². The molecule has 0 aromatic carbocycles. The summed E-state index contributed by atoms with van der Waals surface area (Å²) in [5, 5.41) is 14.7. The third kappa shape index (κ3) is 3.69. The molecule has 0 bridgehead atoms. The van der Waals surface area contributed by atoms with Crippen molar-refractivity contribution in [1.82, 2.24) is 15.5 Å². The van der Waals surface area contributed by atoms with Gasteiger partial charge in [-0.15, -0.1) is 5.10 Å². The Labute approximate surface area is 114 Å². The first-order valence-electron chi connectivity index (χ1n) is 7.63. The van der Waals surface area contributed by atoms with Crippen molar-refractivity contribution in [2.24, 2.45) is 17.8 Å². The number of nitrogens with one attached hydrogen (secondary N) is 2. The predicted molar refractivity (Wildman–Crippen MR) is 73.7 cm³/mol. The largest absolute Gasteiger partial charge is 0.407 e. The zero-order valence-corrected chi connectivity index (χ0v) is 11.7. The van der Waals surface area contributed by atoms with Gasteiger partial charge >= 0.3 is 6.01 Å². The van der Waals surface area contributed by atoms with Crippen molar-refractivity contribution in [2.75, 3.05) is 18.4 Å². The zero-order chi connectivity index (χ0) is 13.1. The molecule has 0 atom stereocenters. The van der Waals surface area contributed by atoms with E-state index in [1.165, 1.54) is 25.7 Å². The van der Waals surface area contributed by atoms with Gasteiger partial charge in [-0.1, -0.05) is 12.0 Å². The summed E-state index contributed by atoms with van der Waals surface area (Å²) in [5.74, 6) is 3.40. The second-order valence-electron chi connectivity index (χ2n) is 5.90. The van der Waals surface area contributed by atoms with Gasteiger partial charge in [-0.2, -0.15) is 0 Å². The van der Waals surface area contributed by atoms with Gasteiger partial charge in [-0.05, 0) is 56.4 Å². The SMILES string of the molecule is CCCNCc1nnc(NCC(C2CC2)C2CC2)o1. The molecule has 19 heavy (non-hydrogen) atoms. The fourth-order valence-electron chi connectivity index (χ4n) is 2.74. The van der Waals surface area contributed by atoms with Crippen LogP contribution in [-0.4, -0.2) is 23.3 Å². The first-order chi connectivity index (χ1) is 9.36. The van der Waals surface area contributed by atoms with Crippen LogP contribution in [0.2, 0.25) is 0 Å². The smallest absolute Gasteiger partial charge is 0.315 e. The fraction of sp³-hybridized carbons (Fsp3) is 0.857. The molecule has 2 saturated carbocycles. The van der Waals surface area contributed by atoms with Crippen LogP contribution in [0.1, 0.15) is 44.9 Å². The van der Waals surface area contributed by atoms with Crippen LogP contribution in [0.15, 0.2) is 4.42 Å². The summed E-state index contributed by atoms with van der Waals surface area (Å²) >= 11 is 0. The van der Waals surface area contributed by atoms with Gasteiger partial charge in [0.2, 0.25) is 5.89 Å². The Bertz CT molecular complexity index is 386. The minimum absolute atomic E-state index is 0.583. The highest BCUT2D eigenvalue weighted by Gasteiger charge is 2.41. The summed E-state index contributed by atoms with van der Waals surface area (Å²) in [6.45, 7) is 4.79. The molecule has 0 unspecified atom stereocenters. The molecule has 2 fully saturated rings. The van der Waals surface area contributed by atoms with Crippen molar-refractivity contribution in [1.29, 1.82) is 0 Å². The minimum Gasteiger partial charge on any atom is -0.407 e. The van der Waals surface area contributed by atoms with E-state index < -0.39 is 0 Å². The lowest BCUT2D eigenvalue weighted by Gasteiger charge is -2.14. The molecular weight excluding hydrogens is 240 g/mol. The van der Waals surface area contributed by atoms with Gasteiger partial charge in [0.1, 0.15) is 0 Å². The maximum absolute atomic E-state index is 5.59. The van der Waals surface area contributed by atoms with Crippen molar-refractivity contribution in [3.05, 3.63) is 5.89 Å². The van der Waals surface area contributed by atoms with Gasteiger partial charge in [-0.3, -0.25) is 0 Å². The lowest BCUT2D eigenvalue weighted by atomic mass is 9.98. The van der Waals surface area contributed by atoms with Gasteiger partial charge in [-0.25, -0.2) is 0 Å². The molecule has 106 valence electrons. The Balaban J connectivity index is 1.44. The van der Waals surface area contributed by atoms with Crippen LogP contribution >= 0.6 is 0 Å². The summed E-state index contributed by atoms with van der Waals surface area (Å²) in [7, 11) is 0. The molecule has 2 N–H and O–H groups in total. The van der Waals surface area contributed by atoms with Crippen molar-refractivity contribution >= 4 is 6.01 Å². The fourth-order valence-corrected chi connectivity index (χ4v) is 2.74. The normalized spacial score (nSPS) is 19.1. The Morgan fingerprint density at radius 2 is 1.95 bits per heavy atom. The zero-order valence-electron chi connectivity index (χ0n) is 11.7. The third-order valence-corrected chi connectivity index (χ3v) is 4.11. The summed E-state index contributed by atoms with van der Waals surface area (Å²) in [4.78, 5) is 0. The molecule has 3 rings (SSSR count). The van der Waals surface area contributed by atoms with Crippen molar-refractivity contribution in [3.63, 3.8) is 0 Å². The van der Waals surface area contributed by atoms with E-state index in [-0.39, 0.29) is 0 Å². The van der Waals surface area contributed by atoms with Gasteiger partial charge in [0, 0.05) is 6.54 Å². The molecule has 1 aromatic heterocycles. The highest BCUT2D eigenvalue weighted by atomic mass is 16.4. The van der Waals surface area contributed by atoms with Crippen LogP contribution in [-0.2, 0) is 6.54 Å². The van der Waals surface area contributed by atoms with E-state index in [0.717, 1.165) is 37.3 Å². The first kappa shape index (κ1) is 12.9. The van der Waals surface area contributed by atoms with Crippen molar-refractivity contribution < 1.29 is 4.42 Å². The van der Waals surface area contributed by atoms with Crippen LogP contribution in [0.3, 0.4) is 0 Å². The minimum atomic E-state index is 0.583. The molecular formula is C14H24N4O. The van der Waals surface area contributed by atoms with Crippen LogP contribution in [0.4, 0.5) is 6.01 Å². The molecule has 0 amide bonds. The van der Waals surface area contributed by atoms with Gasteiger partial charge in [0.15, 0.2) is 0 Å². The lowest BCUT2D eigenvalue weighted by molar-refractivity contribution is 0.417. The molecule has 5 nitrogen and oxygen atoms in total. The maximum Gasteiger partial charge on any atom is 0.315 e. The molecule has 0 spiro atoms. The quantitative estimate of drug-likeness (QED) is 0.671. The summed E-state index contributed by atoms with van der Waals surface area (Å²) in [6, 6.07) is 0.583. The molecule has 0 radical (unpaired) electrons. The number of anilines is 1. The lowest BCUT2D eigenvalue weighted by Crippen LogP contribution is -2.18. The molecule has 2 aliphatic rings. The van der Waals surface area contributed by atoms with Crippen LogP contribution in [0, 0.1) is 17.8 Å². The average molecular weight is 264 g/mol. The number of nitrogens with zero attached hydrogens (tertiary/aromatic N) is 2.